The molecule has 0 atom stereocenters. The molecule has 0 bridgehead atoms. The maximum Gasteiger partial charge on any atom is 0.414 e. The lowest BCUT2D eigenvalue weighted by molar-refractivity contribution is 0.122. The summed E-state index contributed by atoms with van der Waals surface area (Å²) in [4.78, 5) is 25.7. The minimum Gasteiger partial charge on any atom is -0.390 e. The average molecular weight is 553 g/mol. The number of rotatable bonds is 7. The second kappa shape index (κ2) is 12.5. The molecule has 1 aromatic carbocycles. The second-order valence-electron chi connectivity index (χ2n) is 11.2. The Morgan fingerprint density at radius 3 is 2.58 bits per heavy atom. The largest absolute Gasteiger partial charge is 0.414 e. The van der Waals surface area contributed by atoms with Gasteiger partial charge in [-0.3, -0.25) is 0 Å². The molecular formula is C29H37FN6O4. The fourth-order valence-electron chi connectivity index (χ4n) is 6.22. The minimum absolute atomic E-state index is 0.130. The number of benzene rings is 1. The van der Waals surface area contributed by atoms with Crippen LogP contribution < -0.4 is 15.0 Å². The van der Waals surface area contributed by atoms with E-state index < -0.39 is 6.09 Å². The molecule has 3 fully saturated rings. The van der Waals surface area contributed by atoms with E-state index in [9.17, 15) is 9.18 Å². The van der Waals surface area contributed by atoms with Gasteiger partial charge in [0.1, 0.15) is 11.6 Å². The summed E-state index contributed by atoms with van der Waals surface area (Å²) in [5, 5.41) is 8.20. The number of hydrogen-bond donors (Lipinski definition) is 1. The molecule has 0 radical (unpaired) electrons. The molecule has 0 unspecified atom stereocenters. The molecule has 3 aliphatic rings. The predicted octanol–water partition coefficient (Wildman–Crippen LogP) is 4.51. The van der Waals surface area contributed by atoms with Crippen molar-refractivity contribution in [1.29, 1.82) is 0 Å². The third kappa shape index (κ3) is 6.52. The number of anilines is 1. The van der Waals surface area contributed by atoms with Crippen LogP contribution in [0.25, 0.3) is 11.0 Å². The summed E-state index contributed by atoms with van der Waals surface area (Å²) >= 11 is 0. The maximum atomic E-state index is 13.5. The first kappa shape index (κ1) is 26.9. The third-order valence-electron chi connectivity index (χ3n) is 8.61. The van der Waals surface area contributed by atoms with E-state index in [1.54, 1.807) is 12.3 Å². The van der Waals surface area contributed by atoms with Crippen molar-refractivity contribution >= 4 is 22.9 Å². The Morgan fingerprint density at radius 2 is 1.82 bits per heavy atom. The summed E-state index contributed by atoms with van der Waals surface area (Å²) in [5.74, 6) is 1.71. The quantitative estimate of drug-likeness (QED) is 0.453. The van der Waals surface area contributed by atoms with Gasteiger partial charge in [-0.1, -0.05) is 5.16 Å². The van der Waals surface area contributed by atoms with E-state index in [1.165, 1.54) is 24.8 Å². The number of carbonyl (C=O) groups is 1. The summed E-state index contributed by atoms with van der Waals surface area (Å²) in [6, 6.07) is 4.80. The number of morpholine rings is 1. The zero-order valence-corrected chi connectivity index (χ0v) is 22.8. The fraction of sp³-hybridized carbons (Fsp3) is 0.586. The standard InChI is InChI=1S/C29H37FN6O4/c30-22-3-6-24-25(17-22)40-34-28(24)21-8-11-35(12-9-21)10-7-20-1-4-23(5-2-20)33-29(37)39-27-19-31-26(18-32-27)36-13-15-38-16-14-36/h3,6,17-21,23H,1-2,4-5,7-16H2,(H,33,37)/t20-,23-. The number of nitrogens with zero attached hydrogens (tertiary/aromatic N) is 5. The smallest absolute Gasteiger partial charge is 0.390 e. The fourth-order valence-corrected chi connectivity index (χ4v) is 6.22. The molecule has 214 valence electrons. The lowest BCUT2D eigenvalue weighted by Gasteiger charge is -2.34. The molecule has 11 heteroatoms. The Bertz CT molecular complexity index is 1270. The lowest BCUT2D eigenvalue weighted by atomic mass is 9.84. The Kier molecular flexibility index (Phi) is 8.38. The van der Waals surface area contributed by atoms with Gasteiger partial charge < -0.3 is 29.1 Å². The van der Waals surface area contributed by atoms with Gasteiger partial charge in [0.05, 0.1) is 31.3 Å². The number of amides is 1. The van der Waals surface area contributed by atoms with Crippen LogP contribution in [0.1, 0.15) is 56.6 Å². The second-order valence-corrected chi connectivity index (χ2v) is 11.2. The number of halogens is 1. The summed E-state index contributed by atoms with van der Waals surface area (Å²) in [6.45, 7) is 6.09. The van der Waals surface area contributed by atoms with Gasteiger partial charge in [0.2, 0.25) is 5.88 Å². The Labute approximate surface area is 233 Å². The SMILES string of the molecule is O=C(N[C@H]1CC[C@H](CCN2CCC(c3noc4cc(F)ccc34)CC2)CC1)Oc1cnc(N2CCOCC2)cn1. The third-order valence-corrected chi connectivity index (χ3v) is 8.61. The van der Waals surface area contributed by atoms with Crippen molar-refractivity contribution in [3.63, 3.8) is 0 Å². The van der Waals surface area contributed by atoms with Crippen LogP contribution in [-0.2, 0) is 4.74 Å². The summed E-state index contributed by atoms with van der Waals surface area (Å²) in [6.07, 6.45) is 10.1. The monoisotopic (exact) mass is 552 g/mol. The van der Waals surface area contributed by atoms with Crippen molar-refractivity contribution in [2.75, 3.05) is 50.8 Å². The van der Waals surface area contributed by atoms with Crippen LogP contribution in [0.15, 0.2) is 35.1 Å². The van der Waals surface area contributed by atoms with E-state index in [2.05, 4.69) is 30.2 Å². The normalized spacial score (nSPS) is 22.9. The zero-order valence-electron chi connectivity index (χ0n) is 22.8. The number of ether oxygens (including phenoxy) is 2. The van der Waals surface area contributed by atoms with Crippen molar-refractivity contribution in [2.45, 2.75) is 56.9 Å². The van der Waals surface area contributed by atoms with Gasteiger partial charge >= 0.3 is 6.09 Å². The molecular weight excluding hydrogens is 515 g/mol. The van der Waals surface area contributed by atoms with E-state index in [-0.39, 0.29) is 17.7 Å². The number of piperidine rings is 1. The number of likely N-dealkylation sites (tertiary alicyclic amines) is 1. The highest BCUT2D eigenvalue weighted by molar-refractivity contribution is 5.79. The maximum absolute atomic E-state index is 13.5. The number of carbonyl (C=O) groups excluding carboxylic acids is 1. The molecule has 1 aliphatic carbocycles. The number of nitrogens with one attached hydrogen (secondary N) is 1. The molecule has 3 aromatic rings. The van der Waals surface area contributed by atoms with E-state index in [1.807, 2.05) is 0 Å². The van der Waals surface area contributed by atoms with Crippen LogP contribution in [0, 0.1) is 11.7 Å². The highest BCUT2D eigenvalue weighted by Gasteiger charge is 2.27. The minimum atomic E-state index is -0.468. The highest BCUT2D eigenvalue weighted by atomic mass is 19.1. The van der Waals surface area contributed by atoms with E-state index in [0.717, 1.165) is 88.1 Å². The van der Waals surface area contributed by atoms with Gasteiger partial charge in [-0.25, -0.2) is 19.2 Å². The van der Waals surface area contributed by atoms with Crippen molar-refractivity contribution in [1.82, 2.24) is 25.3 Å². The molecule has 0 spiro atoms. The lowest BCUT2D eigenvalue weighted by Crippen LogP contribution is -2.40. The van der Waals surface area contributed by atoms with Gasteiger partial charge in [0.25, 0.3) is 0 Å². The first-order valence-corrected chi connectivity index (χ1v) is 14.5. The molecule has 1 N–H and O–H groups in total. The zero-order chi connectivity index (χ0) is 27.3. The molecule has 10 nitrogen and oxygen atoms in total. The summed E-state index contributed by atoms with van der Waals surface area (Å²) in [5.41, 5.74) is 1.50. The van der Waals surface area contributed by atoms with Gasteiger partial charge in [-0.2, -0.15) is 0 Å². The number of hydrogen-bond acceptors (Lipinski definition) is 9. The highest BCUT2D eigenvalue weighted by Crippen LogP contribution is 2.33. The van der Waals surface area contributed by atoms with Crippen molar-refractivity contribution < 1.29 is 23.2 Å². The van der Waals surface area contributed by atoms with Crippen molar-refractivity contribution in [3.05, 3.63) is 42.1 Å². The van der Waals surface area contributed by atoms with Gasteiger partial charge in [0.15, 0.2) is 5.58 Å². The van der Waals surface area contributed by atoms with Gasteiger partial charge in [0, 0.05) is 36.5 Å². The average Bonchev–Trinajstić information content (AvgIpc) is 3.41. The molecule has 2 aromatic heterocycles. The first-order chi connectivity index (χ1) is 19.6. The van der Waals surface area contributed by atoms with E-state index in [0.29, 0.717) is 30.6 Å². The summed E-state index contributed by atoms with van der Waals surface area (Å²) in [7, 11) is 0. The Morgan fingerprint density at radius 1 is 1.02 bits per heavy atom. The van der Waals surface area contributed by atoms with E-state index >= 15 is 0 Å². The topological polar surface area (TPSA) is 106 Å². The van der Waals surface area contributed by atoms with Crippen molar-refractivity contribution in [3.8, 4) is 5.88 Å². The van der Waals surface area contributed by atoms with E-state index in [4.69, 9.17) is 14.0 Å². The van der Waals surface area contributed by atoms with Crippen LogP contribution in [0.4, 0.5) is 15.0 Å². The number of aromatic nitrogens is 3. The molecule has 2 aliphatic heterocycles. The van der Waals surface area contributed by atoms with Gasteiger partial charge in [-0.15, -0.1) is 0 Å². The van der Waals surface area contributed by atoms with Crippen LogP contribution >= 0.6 is 0 Å². The summed E-state index contributed by atoms with van der Waals surface area (Å²) < 4.78 is 29.6. The first-order valence-electron chi connectivity index (χ1n) is 14.5. The van der Waals surface area contributed by atoms with Crippen LogP contribution in [0.5, 0.6) is 5.88 Å². The van der Waals surface area contributed by atoms with Gasteiger partial charge in [-0.05, 0) is 82.6 Å². The Hall–Kier alpha value is -3.31. The van der Waals surface area contributed by atoms with Crippen molar-refractivity contribution in [2.24, 2.45) is 5.92 Å². The molecule has 40 heavy (non-hydrogen) atoms. The predicted molar refractivity (Wildman–Crippen MR) is 147 cm³/mol. The molecule has 6 rings (SSSR count). The molecule has 1 amide bonds. The number of fused-ring (bicyclic) bond motifs is 1. The molecule has 4 heterocycles. The molecule has 1 saturated carbocycles. The van der Waals surface area contributed by atoms with Crippen LogP contribution in [0.2, 0.25) is 0 Å². The van der Waals surface area contributed by atoms with Crippen LogP contribution in [-0.4, -0.2) is 78.1 Å². The van der Waals surface area contributed by atoms with Crippen LogP contribution in [0.3, 0.4) is 0 Å². The molecule has 2 saturated heterocycles. The Balaban J connectivity index is 0.880.